The van der Waals surface area contributed by atoms with Gasteiger partial charge in [-0.15, -0.1) is 0 Å². The van der Waals surface area contributed by atoms with E-state index in [1.807, 2.05) is 30.3 Å². The Morgan fingerprint density at radius 1 is 1.10 bits per heavy atom. The van der Waals surface area contributed by atoms with Gasteiger partial charge in [-0.05, 0) is 78.7 Å². The quantitative estimate of drug-likeness (QED) is 0.738. The Labute approximate surface area is 139 Å². The lowest BCUT2D eigenvalue weighted by Gasteiger charge is -2.20. The smallest absolute Gasteiger partial charge is 0.141 e. The predicted octanol–water partition coefficient (Wildman–Crippen LogP) is 5.78. The minimum absolute atomic E-state index is 0.102. The molecular formula is C17H19BrClNO. The summed E-state index contributed by atoms with van der Waals surface area (Å²) >= 11 is 9.43. The molecule has 0 fully saturated rings. The van der Waals surface area contributed by atoms with Gasteiger partial charge in [-0.25, -0.2) is 0 Å². The van der Waals surface area contributed by atoms with Crippen LogP contribution in [0.25, 0.3) is 0 Å². The van der Waals surface area contributed by atoms with Gasteiger partial charge in [0, 0.05) is 17.1 Å². The monoisotopic (exact) mass is 367 g/mol. The summed E-state index contributed by atoms with van der Waals surface area (Å²) in [6, 6.07) is 13.4. The SMILES string of the molecule is CC(C)(C)NCc1ccc(Oc2ccc(Cl)cc2)c(Br)c1. The molecule has 0 aromatic heterocycles. The van der Waals surface area contributed by atoms with Crippen LogP contribution in [0.15, 0.2) is 46.9 Å². The van der Waals surface area contributed by atoms with Crippen molar-refractivity contribution in [1.29, 1.82) is 0 Å². The molecule has 0 aliphatic rings. The van der Waals surface area contributed by atoms with E-state index < -0.39 is 0 Å². The van der Waals surface area contributed by atoms with Crippen LogP contribution in [0.3, 0.4) is 0 Å². The van der Waals surface area contributed by atoms with Gasteiger partial charge in [0.2, 0.25) is 0 Å². The maximum Gasteiger partial charge on any atom is 0.141 e. The molecule has 0 bridgehead atoms. The Morgan fingerprint density at radius 3 is 2.33 bits per heavy atom. The molecule has 2 nitrogen and oxygen atoms in total. The number of nitrogens with one attached hydrogen (secondary N) is 1. The first-order valence-electron chi connectivity index (χ1n) is 6.80. The van der Waals surface area contributed by atoms with Crippen molar-refractivity contribution < 1.29 is 4.74 Å². The summed E-state index contributed by atoms with van der Waals surface area (Å²) in [5.74, 6) is 1.55. The fourth-order valence-corrected chi connectivity index (χ4v) is 2.37. The second-order valence-electron chi connectivity index (χ2n) is 5.92. The molecule has 0 unspecified atom stereocenters. The third kappa shape index (κ3) is 5.34. The van der Waals surface area contributed by atoms with E-state index in [4.69, 9.17) is 16.3 Å². The minimum atomic E-state index is 0.102. The standard InChI is InChI=1S/C17H19BrClNO/c1-17(2,3)20-11-12-4-9-16(15(18)10-12)21-14-7-5-13(19)6-8-14/h4-10,20H,11H2,1-3H3. The topological polar surface area (TPSA) is 21.3 Å². The predicted molar refractivity (Wildman–Crippen MR) is 92.3 cm³/mol. The molecule has 4 heteroatoms. The highest BCUT2D eigenvalue weighted by Gasteiger charge is 2.10. The van der Waals surface area contributed by atoms with Crippen LogP contribution < -0.4 is 10.1 Å². The van der Waals surface area contributed by atoms with E-state index in [0.29, 0.717) is 5.02 Å². The molecule has 2 aromatic carbocycles. The lowest BCUT2D eigenvalue weighted by molar-refractivity contribution is 0.424. The molecular weight excluding hydrogens is 350 g/mol. The van der Waals surface area contributed by atoms with Crippen LogP contribution in [0.5, 0.6) is 11.5 Å². The first kappa shape index (κ1) is 16.3. The molecule has 2 rings (SSSR count). The molecule has 0 amide bonds. The van der Waals surface area contributed by atoms with Crippen molar-refractivity contribution in [2.75, 3.05) is 0 Å². The van der Waals surface area contributed by atoms with Crippen molar-refractivity contribution in [3.8, 4) is 11.5 Å². The van der Waals surface area contributed by atoms with E-state index in [9.17, 15) is 0 Å². The summed E-state index contributed by atoms with van der Waals surface area (Å²) in [4.78, 5) is 0. The van der Waals surface area contributed by atoms with Gasteiger partial charge in [-0.2, -0.15) is 0 Å². The molecule has 0 heterocycles. The van der Waals surface area contributed by atoms with Gasteiger partial charge in [0.25, 0.3) is 0 Å². The highest BCUT2D eigenvalue weighted by Crippen LogP contribution is 2.31. The van der Waals surface area contributed by atoms with Gasteiger partial charge in [-0.1, -0.05) is 17.7 Å². The summed E-state index contributed by atoms with van der Waals surface area (Å²) in [7, 11) is 0. The zero-order valence-corrected chi connectivity index (χ0v) is 14.8. The fourth-order valence-electron chi connectivity index (χ4n) is 1.73. The number of hydrogen-bond donors (Lipinski definition) is 1. The van der Waals surface area contributed by atoms with E-state index >= 15 is 0 Å². The molecule has 0 saturated heterocycles. The van der Waals surface area contributed by atoms with Crippen LogP contribution in [0.2, 0.25) is 5.02 Å². The van der Waals surface area contributed by atoms with Crippen molar-refractivity contribution in [2.45, 2.75) is 32.9 Å². The van der Waals surface area contributed by atoms with Crippen LogP contribution in [-0.4, -0.2) is 5.54 Å². The number of halogens is 2. The number of hydrogen-bond acceptors (Lipinski definition) is 2. The second kappa shape index (κ2) is 6.82. The molecule has 0 aliphatic heterocycles. The van der Waals surface area contributed by atoms with E-state index in [1.54, 1.807) is 0 Å². The summed E-state index contributed by atoms with van der Waals surface area (Å²) in [6.45, 7) is 7.28. The van der Waals surface area contributed by atoms with Crippen LogP contribution in [0, 0.1) is 0 Å². The number of rotatable bonds is 4. The average Bonchev–Trinajstić information content (AvgIpc) is 2.41. The van der Waals surface area contributed by atoms with Crippen molar-refractivity contribution >= 4 is 27.5 Å². The van der Waals surface area contributed by atoms with E-state index in [2.05, 4.69) is 54.2 Å². The third-order valence-corrected chi connectivity index (χ3v) is 3.73. The van der Waals surface area contributed by atoms with Crippen LogP contribution in [-0.2, 0) is 6.54 Å². The van der Waals surface area contributed by atoms with Gasteiger partial charge in [0.1, 0.15) is 11.5 Å². The van der Waals surface area contributed by atoms with Gasteiger partial charge >= 0.3 is 0 Å². The number of benzene rings is 2. The summed E-state index contributed by atoms with van der Waals surface area (Å²) in [5.41, 5.74) is 1.31. The lowest BCUT2D eigenvalue weighted by Crippen LogP contribution is -2.35. The first-order chi connectivity index (χ1) is 9.83. The van der Waals surface area contributed by atoms with Gasteiger partial charge in [0.05, 0.1) is 4.47 Å². The summed E-state index contributed by atoms with van der Waals surface area (Å²) in [5, 5.41) is 4.16. The Bertz CT molecular complexity index is 605. The Kier molecular flexibility index (Phi) is 5.31. The Morgan fingerprint density at radius 2 is 1.76 bits per heavy atom. The van der Waals surface area contributed by atoms with E-state index in [1.165, 1.54) is 5.56 Å². The normalized spacial score (nSPS) is 11.5. The summed E-state index contributed by atoms with van der Waals surface area (Å²) in [6.07, 6.45) is 0. The lowest BCUT2D eigenvalue weighted by atomic mass is 10.1. The van der Waals surface area contributed by atoms with Gasteiger partial charge < -0.3 is 10.1 Å². The number of ether oxygens (including phenoxy) is 1. The van der Waals surface area contributed by atoms with Gasteiger partial charge in [0.15, 0.2) is 0 Å². The fraction of sp³-hybridized carbons (Fsp3) is 0.294. The van der Waals surface area contributed by atoms with Crippen LogP contribution in [0.4, 0.5) is 0 Å². The zero-order chi connectivity index (χ0) is 15.5. The van der Waals surface area contributed by atoms with E-state index in [-0.39, 0.29) is 5.54 Å². The maximum absolute atomic E-state index is 5.87. The highest BCUT2D eigenvalue weighted by atomic mass is 79.9. The van der Waals surface area contributed by atoms with Crippen molar-refractivity contribution in [3.63, 3.8) is 0 Å². The van der Waals surface area contributed by atoms with E-state index in [0.717, 1.165) is 22.5 Å². The molecule has 0 saturated carbocycles. The zero-order valence-electron chi connectivity index (χ0n) is 12.4. The van der Waals surface area contributed by atoms with Crippen molar-refractivity contribution in [2.24, 2.45) is 0 Å². The third-order valence-electron chi connectivity index (χ3n) is 2.86. The maximum atomic E-state index is 5.87. The molecule has 0 spiro atoms. The van der Waals surface area contributed by atoms with Gasteiger partial charge in [-0.3, -0.25) is 0 Å². The molecule has 21 heavy (non-hydrogen) atoms. The van der Waals surface area contributed by atoms with Crippen LogP contribution in [0.1, 0.15) is 26.3 Å². The van der Waals surface area contributed by atoms with Crippen molar-refractivity contribution in [1.82, 2.24) is 5.32 Å². The van der Waals surface area contributed by atoms with Crippen LogP contribution >= 0.6 is 27.5 Å². The summed E-state index contributed by atoms with van der Waals surface area (Å²) < 4.78 is 6.77. The first-order valence-corrected chi connectivity index (χ1v) is 7.97. The Hall–Kier alpha value is -1.03. The minimum Gasteiger partial charge on any atom is -0.456 e. The molecule has 1 N–H and O–H groups in total. The largest absolute Gasteiger partial charge is 0.456 e. The molecule has 0 aliphatic carbocycles. The second-order valence-corrected chi connectivity index (χ2v) is 7.22. The molecule has 0 atom stereocenters. The molecule has 112 valence electrons. The average molecular weight is 369 g/mol. The molecule has 0 radical (unpaired) electrons. The highest BCUT2D eigenvalue weighted by molar-refractivity contribution is 9.10. The molecule has 2 aromatic rings. The van der Waals surface area contributed by atoms with Crippen molar-refractivity contribution in [3.05, 3.63) is 57.5 Å². The Balaban J connectivity index is 2.07.